The van der Waals surface area contributed by atoms with Crippen molar-refractivity contribution in [2.45, 2.75) is 39.2 Å². The lowest BCUT2D eigenvalue weighted by Gasteiger charge is -2.34. The number of nitrogens with zero attached hydrogens (tertiary/aromatic N) is 1. The van der Waals surface area contributed by atoms with E-state index in [1.165, 1.54) is 0 Å². The van der Waals surface area contributed by atoms with Gasteiger partial charge in [0.05, 0.1) is 18.7 Å². The third kappa shape index (κ3) is 6.50. The maximum Gasteiger partial charge on any atom is 0.336 e. The van der Waals surface area contributed by atoms with Crippen LogP contribution in [0, 0.1) is 0 Å². The summed E-state index contributed by atoms with van der Waals surface area (Å²) in [5.74, 6) is -1.27. The monoisotopic (exact) mass is 498 g/mol. The minimum Gasteiger partial charge on any atom is -0.463 e. The maximum absolute atomic E-state index is 13.3. The van der Waals surface area contributed by atoms with Crippen molar-refractivity contribution in [1.82, 2.24) is 10.2 Å². The van der Waals surface area contributed by atoms with Gasteiger partial charge in [0.1, 0.15) is 0 Å². The van der Waals surface area contributed by atoms with E-state index in [1.807, 2.05) is 24.3 Å². The van der Waals surface area contributed by atoms with Crippen molar-refractivity contribution in [3.63, 3.8) is 0 Å². The summed E-state index contributed by atoms with van der Waals surface area (Å²) in [7, 11) is 1.62. The summed E-state index contributed by atoms with van der Waals surface area (Å²) in [5.41, 5.74) is 2.95. The van der Waals surface area contributed by atoms with Gasteiger partial charge in [0.15, 0.2) is 0 Å². The largest absolute Gasteiger partial charge is 0.463 e. The Morgan fingerprint density at radius 2 is 1.94 bits per heavy atom. The zero-order valence-electron chi connectivity index (χ0n) is 20.3. The van der Waals surface area contributed by atoms with Crippen LogP contribution in [-0.2, 0) is 25.6 Å². The van der Waals surface area contributed by atoms with E-state index in [0.717, 1.165) is 17.5 Å². The topological polar surface area (TPSA) is 84.9 Å². The number of rotatable bonds is 10. The van der Waals surface area contributed by atoms with Gasteiger partial charge in [-0.15, -0.1) is 0 Å². The highest BCUT2D eigenvalue weighted by Gasteiger charge is 2.37. The van der Waals surface area contributed by atoms with Crippen LogP contribution < -0.4 is 5.32 Å². The van der Waals surface area contributed by atoms with Crippen LogP contribution in [-0.4, -0.2) is 49.6 Å². The molecule has 0 saturated heterocycles. The molecule has 0 bridgehead atoms. The SMILES string of the molecule is CCOC(=O)C1=C(C)N(Cc2cccc(C(=O)NCCCOC)c2)C(=O)CC1c1ccccc1Cl. The van der Waals surface area contributed by atoms with Crippen LogP contribution in [0.15, 0.2) is 59.8 Å². The Morgan fingerprint density at radius 3 is 2.66 bits per heavy atom. The van der Waals surface area contributed by atoms with Crippen LogP contribution >= 0.6 is 11.6 Å². The molecule has 1 atom stereocenters. The Balaban J connectivity index is 1.88. The smallest absolute Gasteiger partial charge is 0.336 e. The number of halogens is 1. The lowest BCUT2D eigenvalue weighted by Crippen LogP contribution is -2.38. The Morgan fingerprint density at radius 1 is 1.17 bits per heavy atom. The normalized spacial score (nSPS) is 15.8. The summed E-state index contributed by atoms with van der Waals surface area (Å²) in [6.07, 6.45) is 0.812. The number of carbonyl (C=O) groups is 3. The molecule has 1 aliphatic rings. The standard InChI is InChI=1S/C27H31ClN2O5/c1-4-35-27(33)25-18(2)30(24(31)16-22(25)21-11-5-6-12-23(21)28)17-19-9-7-10-20(15-19)26(32)29-13-8-14-34-3/h5-7,9-12,15,22H,4,8,13-14,16-17H2,1-3H3,(H,29,32). The third-order valence-corrected chi connectivity index (χ3v) is 6.28. The van der Waals surface area contributed by atoms with Crippen LogP contribution in [0.1, 0.15) is 54.1 Å². The van der Waals surface area contributed by atoms with Crippen LogP contribution in [0.4, 0.5) is 0 Å². The Bertz CT molecular complexity index is 1110. The number of hydrogen-bond acceptors (Lipinski definition) is 5. The van der Waals surface area contributed by atoms with Gasteiger partial charge in [0.25, 0.3) is 5.91 Å². The van der Waals surface area contributed by atoms with Crippen molar-refractivity contribution in [2.24, 2.45) is 0 Å². The highest BCUT2D eigenvalue weighted by Crippen LogP contribution is 2.40. The lowest BCUT2D eigenvalue weighted by molar-refractivity contribution is -0.140. The highest BCUT2D eigenvalue weighted by molar-refractivity contribution is 6.31. The Hall–Kier alpha value is -3.16. The van der Waals surface area contributed by atoms with Gasteiger partial charge in [-0.05, 0) is 49.6 Å². The van der Waals surface area contributed by atoms with E-state index in [-0.39, 0.29) is 31.4 Å². The van der Waals surface area contributed by atoms with E-state index < -0.39 is 11.9 Å². The molecule has 2 amide bonds. The minimum absolute atomic E-state index is 0.0922. The van der Waals surface area contributed by atoms with Crippen molar-refractivity contribution in [3.05, 3.63) is 81.5 Å². The second kappa shape index (κ2) is 12.5. The second-order valence-electron chi connectivity index (χ2n) is 8.28. The van der Waals surface area contributed by atoms with Crippen molar-refractivity contribution in [1.29, 1.82) is 0 Å². The van der Waals surface area contributed by atoms with Gasteiger partial charge in [0.2, 0.25) is 5.91 Å². The number of ether oxygens (including phenoxy) is 2. The molecule has 1 unspecified atom stereocenters. The first-order valence-corrected chi connectivity index (χ1v) is 12.0. The Kier molecular flexibility index (Phi) is 9.46. The molecule has 35 heavy (non-hydrogen) atoms. The fourth-order valence-electron chi connectivity index (χ4n) is 4.21. The molecule has 1 heterocycles. The summed E-state index contributed by atoms with van der Waals surface area (Å²) >= 11 is 6.42. The fraction of sp³-hybridized carbons (Fsp3) is 0.370. The first-order chi connectivity index (χ1) is 16.9. The summed E-state index contributed by atoms with van der Waals surface area (Å²) in [5, 5.41) is 3.36. The molecule has 1 N–H and O–H groups in total. The molecular weight excluding hydrogens is 468 g/mol. The number of amides is 2. The first kappa shape index (κ1) is 26.4. The first-order valence-electron chi connectivity index (χ1n) is 11.7. The van der Waals surface area contributed by atoms with Crippen LogP contribution in [0.2, 0.25) is 5.02 Å². The van der Waals surface area contributed by atoms with Crippen molar-refractivity contribution < 1.29 is 23.9 Å². The fourth-order valence-corrected chi connectivity index (χ4v) is 4.48. The average Bonchev–Trinajstić information content (AvgIpc) is 2.84. The molecule has 0 radical (unpaired) electrons. The van der Waals surface area contributed by atoms with Gasteiger partial charge in [-0.3, -0.25) is 9.59 Å². The number of esters is 1. The highest BCUT2D eigenvalue weighted by atomic mass is 35.5. The van der Waals surface area contributed by atoms with E-state index in [9.17, 15) is 14.4 Å². The zero-order valence-corrected chi connectivity index (χ0v) is 21.1. The molecule has 7 nitrogen and oxygen atoms in total. The van der Waals surface area contributed by atoms with E-state index in [0.29, 0.717) is 35.0 Å². The van der Waals surface area contributed by atoms with Gasteiger partial charge in [-0.1, -0.05) is 41.9 Å². The molecule has 0 aromatic heterocycles. The summed E-state index contributed by atoms with van der Waals surface area (Å²) < 4.78 is 10.3. The third-order valence-electron chi connectivity index (χ3n) is 5.94. The maximum atomic E-state index is 13.3. The van der Waals surface area contributed by atoms with Crippen molar-refractivity contribution in [3.8, 4) is 0 Å². The van der Waals surface area contributed by atoms with Gasteiger partial charge < -0.3 is 19.7 Å². The van der Waals surface area contributed by atoms with Crippen molar-refractivity contribution >= 4 is 29.4 Å². The molecular formula is C27H31ClN2O5. The number of benzene rings is 2. The van der Waals surface area contributed by atoms with Gasteiger partial charge in [-0.2, -0.15) is 0 Å². The Labute approximate surface area is 211 Å². The van der Waals surface area contributed by atoms with Crippen molar-refractivity contribution in [2.75, 3.05) is 26.9 Å². The summed E-state index contributed by atoms with van der Waals surface area (Å²) in [4.78, 5) is 40.3. The molecule has 3 rings (SSSR count). The van der Waals surface area contributed by atoms with E-state index in [4.69, 9.17) is 21.1 Å². The van der Waals surface area contributed by atoms with Gasteiger partial charge in [-0.25, -0.2) is 4.79 Å². The molecule has 8 heteroatoms. The molecule has 0 saturated carbocycles. The summed E-state index contributed by atoms with van der Waals surface area (Å²) in [6.45, 7) is 5.03. The molecule has 0 aliphatic carbocycles. The zero-order chi connectivity index (χ0) is 25.4. The molecule has 2 aromatic carbocycles. The van der Waals surface area contributed by atoms with Crippen LogP contribution in [0.5, 0.6) is 0 Å². The molecule has 2 aromatic rings. The molecule has 0 spiro atoms. The second-order valence-corrected chi connectivity index (χ2v) is 8.69. The lowest BCUT2D eigenvalue weighted by atomic mass is 9.83. The van der Waals surface area contributed by atoms with E-state index >= 15 is 0 Å². The number of carbonyl (C=O) groups excluding carboxylic acids is 3. The van der Waals surface area contributed by atoms with Gasteiger partial charge >= 0.3 is 5.97 Å². The minimum atomic E-state index is -0.490. The molecule has 0 fully saturated rings. The number of allylic oxidation sites excluding steroid dienone is 1. The predicted molar refractivity (Wildman–Crippen MR) is 134 cm³/mol. The van der Waals surface area contributed by atoms with Crippen LogP contribution in [0.3, 0.4) is 0 Å². The van der Waals surface area contributed by atoms with E-state index in [1.54, 1.807) is 50.1 Å². The van der Waals surface area contributed by atoms with Gasteiger partial charge in [0, 0.05) is 48.9 Å². The number of nitrogens with one attached hydrogen (secondary N) is 1. The van der Waals surface area contributed by atoms with E-state index in [2.05, 4.69) is 5.32 Å². The summed E-state index contributed by atoms with van der Waals surface area (Å²) in [6, 6.07) is 14.4. The number of hydrogen-bond donors (Lipinski definition) is 1. The quantitative estimate of drug-likeness (QED) is 0.386. The molecule has 1 aliphatic heterocycles. The van der Waals surface area contributed by atoms with Crippen LogP contribution in [0.25, 0.3) is 0 Å². The number of methoxy groups -OCH3 is 1. The molecule has 186 valence electrons. The average molecular weight is 499 g/mol. The predicted octanol–water partition coefficient (Wildman–Crippen LogP) is 4.46.